The lowest BCUT2D eigenvalue weighted by Crippen LogP contribution is -2.16. The number of nitrogens with one attached hydrogen (secondary N) is 3. The first-order chi connectivity index (χ1) is 17.8. The Hall–Kier alpha value is -3.63. The number of ether oxygens (including phenoxy) is 1. The van der Waals surface area contributed by atoms with E-state index in [9.17, 15) is 19.2 Å². The first-order valence-corrected chi connectivity index (χ1v) is 13.6. The Bertz CT molecular complexity index is 1270. The predicted octanol–water partition coefficient (Wildman–Crippen LogP) is 5.95. The number of benzene rings is 2. The van der Waals surface area contributed by atoms with Gasteiger partial charge in [-0.3, -0.25) is 14.4 Å². The van der Waals surface area contributed by atoms with Gasteiger partial charge in [0.05, 0.1) is 22.8 Å². The van der Waals surface area contributed by atoms with Crippen molar-refractivity contribution in [3.8, 4) is 0 Å². The Balaban J connectivity index is 1.72. The van der Waals surface area contributed by atoms with Gasteiger partial charge < -0.3 is 20.7 Å². The van der Waals surface area contributed by atoms with Crippen LogP contribution in [0.4, 0.5) is 16.4 Å². The van der Waals surface area contributed by atoms with E-state index in [0.717, 1.165) is 22.7 Å². The van der Waals surface area contributed by atoms with Crippen molar-refractivity contribution in [3.63, 3.8) is 0 Å². The van der Waals surface area contributed by atoms with Gasteiger partial charge in [-0.2, -0.15) is 0 Å². The monoisotopic (exact) mass is 539 g/mol. The maximum Gasteiger partial charge on any atom is 0.341 e. The summed E-state index contributed by atoms with van der Waals surface area (Å²) in [4.78, 5) is 51.4. The highest BCUT2D eigenvalue weighted by Gasteiger charge is 2.26. The lowest BCUT2D eigenvalue weighted by atomic mass is 10.1. The standard InChI is InChI=1S/C27H29N3O5S2/c1-4-10-21(31)28-19-13-9-14-20(15-19)36-16-22(32)30-26-23(27(34)35-5-2)17(3)24(37-26)25(33)29-18-11-7-6-8-12-18/h6-9,11-15H,4-5,10,16H2,1-3H3,(H,28,31)(H,29,33)(H,30,32). The molecule has 37 heavy (non-hydrogen) atoms. The number of anilines is 3. The topological polar surface area (TPSA) is 114 Å². The van der Waals surface area contributed by atoms with Crippen LogP contribution in [0.5, 0.6) is 0 Å². The van der Waals surface area contributed by atoms with Crippen molar-refractivity contribution in [2.45, 2.75) is 38.5 Å². The molecule has 0 unspecified atom stereocenters. The predicted molar refractivity (Wildman–Crippen MR) is 149 cm³/mol. The molecule has 0 aliphatic carbocycles. The summed E-state index contributed by atoms with van der Waals surface area (Å²) < 4.78 is 5.18. The zero-order valence-corrected chi connectivity index (χ0v) is 22.5. The fourth-order valence-electron chi connectivity index (χ4n) is 3.40. The van der Waals surface area contributed by atoms with E-state index in [4.69, 9.17) is 4.74 Å². The zero-order chi connectivity index (χ0) is 26.8. The second-order valence-corrected chi connectivity index (χ2v) is 10.0. The van der Waals surface area contributed by atoms with Crippen LogP contribution < -0.4 is 16.0 Å². The first-order valence-electron chi connectivity index (χ1n) is 11.8. The Labute approximate surface area is 224 Å². The zero-order valence-electron chi connectivity index (χ0n) is 20.9. The number of rotatable bonds is 11. The Morgan fingerprint density at radius 1 is 0.892 bits per heavy atom. The lowest BCUT2D eigenvalue weighted by Gasteiger charge is -2.08. The largest absolute Gasteiger partial charge is 0.462 e. The molecule has 0 fully saturated rings. The van der Waals surface area contributed by atoms with Crippen LogP contribution in [-0.4, -0.2) is 36.1 Å². The highest BCUT2D eigenvalue weighted by atomic mass is 32.2. The summed E-state index contributed by atoms with van der Waals surface area (Å²) >= 11 is 2.32. The van der Waals surface area contributed by atoms with Gasteiger partial charge >= 0.3 is 5.97 Å². The third-order valence-electron chi connectivity index (χ3n) is 5.08. The van der Waals surface area contributed by atoms with Gasteiger partial charge in [-0.1, -0.05) is 31.2 Å². The Kier molecular flexibility index (Phi) is 10.3. The van der Waals surface area contributed by atoms with Crippen molar-refractivity contribution < 1.29 is 23.9 Å². The minimum Gasteiger partial charge on any atom is -0.462 e. The average molecular weight is 540 g/mol. The molecule has 8 nitrogen and oxygen atoms in total. The van der Waals surface area contributed by atoms with E-state index < -0.39 is 5.97 Å². The van der Waals surface area contributed by atoms with Crippen LogP contribution in [0.3, 0.4) is 0 Å². The molecule has 0 saturated carbocycles. The molecule has 194 valence electrons. The molecule has 0 aliphatic rings. The van der Waals surface area contributed by atoms with E-state index in [-0.39, 0.29) is 40.6 Å². The SMILES string of the molecule is CCCC(=O)Nc1cccc(SCC(=O)Nc2sc(C(=O)Nc3ccccc3)c(C)c2C(=O)OCC)c1. The van der Waals surface area contributed by atoms with Gasteiger partial charge in [0.15, 0.2) is 0 Å². The van der Waals surface area contributed by atoms with Gasteiger partial charge in [0.25, 0.3) is 5.91 Å². The summed E-state index contributed by atoms with van der Waals surface area (Å²) in [6, 6.07) is 16.2. The van der Waals surface area contributed by atoms with Crippen molar-refractivity contribution in [1.29, 1.82) is 0 Å². The molecular weight excluding hydrogens is 510 g/mol. The van der Waals surface area contributed by atoms with Crippen LogP contribution in [0.2, 0.25) is 0 Å². The molecule has 2 aromatic carbocycles. The number of para-hydroxylation sites is 1. The van der Waals surface area contributed by atoms with E-state index >= 15 is 0 Å². The number of hydrogen-bond donors (Lipinski definition) is 3. The number of thioether (sulfide) groups is 1. The normalized spacial score (nSPS) is 10.5. The summed E-state index contributed by atoms with van der Waals surface area (Å²) in [5, 5.41) is 8.68. The van der Waals surface area contributed by atoms with Crippen molar-refractivity contribution in [2.75, 3.05) is 28.3 Å². The average Bonchev–Trinajstić information content (AvgIpc) is 3.19. The molecule has 1 aromatic heterocycles. The van der Waals surface area contributed by atoms with Crippen LogP contribution in [-0.2, 0) is 14.3 Å². The lowest BCUT2D eigenvalue weighted by molar-refractivity contribution is -0.116. The number of thiophene rings is 1. The second kappa shape index (κ2) is 13.6. The Morgan fingerprint density at radius 3 is 2.32 bits per heavy atom. The second-order valence-electron chi connectivity index (χ2n) is 7.96. The van der Waals surface area contributed by atoms with Gasteiger partial charge in [0.2, 0.25) is 11.8 Å². The summed E-state index contributed by atoms with van der Waals surface area (Å²) in [6.07, 6.45) is 1.19. The van der Waals surface area contributed by atoms with E-state index in [1.54, 1.807) is 56.3 Å². The summed E-state index contributed by atoms with van der Waals surface area (Å²) in [7, 11) is 0. The molecule has 0 bridgehead atoms. The third-order valence-corrected chi connectivity index (χ3v) is 7.28. The molecule has 0 spiro atoms. The molecule has 3 amide bonds. The fraction of sp³-hybridized carbons (Fsp3) is 0.259. The molecule has 3 rings (SSSR count). The van der Waals surface area contributed by atoms with Gasteiger partial charge in [-0.15, -0.1) is 23.1 Å². The van der Waals surface area contributed by atoms with Crippen LogP contribution in [0.25, 0.3) is 0 Å². The molecule has 0 saturated heterocycles. The molecule has 1 heterocycles. The van der Waals surface area contributed by atoms with E-state index in [0.29, 0.717) is 28.2 Å². The molecular formula is C27H29N3O5S2. The minimum absolute atomic E-state index is 0.0611. The van der Waals surface area contributed by atoms with Crippen molar-refractivity contribution >= 4 is 63.2 Å². The molecule has 10 heteroatoms. The summed E-state index contributed by atoms with van der Waals surface area (Å²) in [6.45, 7) is 5.45. The van der Waals surface area contributed by atoms with Crippen molar-refractivity contribution in [3.05, 3.63) is 70.6 Å². The fourth-order valence-corrected chi connectivity index (χ4v) is 5.26. The molecule has 0 atom stereocenters. The van der Waals surface area contributed by atoms with Crippen LogP contribution in [0.1, 0.15) is 52.3 Å². The summed E-state index contributed by atoms with van der Waals surface area (Å²) in [5.41, 5.74) is 1.89. The van der Waals surface area contributed by atoms with Crippen molar-refractivity contribution in [2.24, 2.45) is 0 Å². The quantitative estimate of drug-likeness (QED) is 0.205. The number of carbonyl (C=O) groups is 4. The molecule has 0 radical (unpaired) electrons. The third kappa shape index (κ3) is 7.93. The molecule has 0 aliphatic heterocycles. The number of carbonyl (C=O) groups excluding carboxylic acids is 4. The maximum atomic E-state index is 12.9. The highest BCUT2D eigenvalue weighted by Crippen LogP contribution is 2.34. The smallest absolute Gasteiger partial charge is 0.341 e. The van der Waals surface area contributed by atoms with Gasteiger partial charge in [0.1, 0.15) is 5.00 Å². The number of hydrogen-bond acceptors (Lipinski definition) is 7. The highest BCUT2D eigenvalue weighted by molar-refractivity contribution is 8.00. The molecule has 3 N–H and O–H groups in total. The van der Waals surface area contributed by atoms with E-state index in [1.165, 1.54) is 11.8 Å². The maximum absolute atomic E-state index is 12.9. The van der Waals surface area contributed by atoms with Crippen molar-refractivity contribution in [1.82, 2.24) is 0 Å². The molecule has 3 aromatic rings. The van der Waals surface area contributed by atoms with E-state index in [1.807, 2.05) is 19.1 Å². The van der Waals surface area contributed by atoms with Gasteiger partial charge in [0, 0.05) is 22.7 Å². The van der Waals surface area contributed by atoms with Gasteiger partial charge in [-0.25, -0.2) is 4.79 Å². The van der Waals surface area contributed by atoms with Crippen LogP contribution >= 0.6 is 23.1 Å². The Morgan fingerprint density at radius 2 is 1.62 bits per heavy atom. The van der Waals surface area contributed by atoms with Crippen LogP contribution in [0.15, 0.2) is 59.5 Å². The van der Waals surface area contributed by atoms with Crippen LogP contribution in [0, 0.1) is 6.92 Å². The number of amides is 3. The minimum atomic E-state index is -0.603. The number of esters is 1. The van der Waals surface area contributed by atoms with E-state index in [2.05, 4.69) is 16.0 Å². The first kappa shape index (κ1) is 27.9. The summed E-state index contributed by atoms with van der Waals surface area (Å²) in [5.74, 6) is -1.32. The van der Waals surface area contributed by atoms with Gasteiger partial charge in [-0.05, 0) is 56.2 Å².